The van der Waals surface area contributed by atoms with E-state index in [1.54, 1.807) is 6.07 Å². The molecule has 1 N–H and O–H groups in total. The molecule has 0 bridgehead atoms. The molecule has 0 aliphatic heterocycles. The van der Waals surface area contributed by atoms with Gasteiger partial charge >= 0.3 is 0 Å². The highest BCUT2D eigenvalue weighted by atomic mass is 35.5. The van der Waals surface area contributed by atoms with Crippen molar-refractivity contribution in [2.45, 2.75) is 23.7 Å². The molecule has 0 aliphatic carbocycles. The van der Waals surface area contributed by atoms with Gasteiger partial charge in [0.2, 0.25) is 5.91 Å². The van der Waals surface area contributed by atoms with Crippen LogP contribution >= 0.6 is 23.4 Å². The zero-order valence-electron chi connectivity index (χ0n) is 14.5. The Kier molecular flexibility index (Phi) is 5.01. The van der Waals surface area contributed by atoms with Crippen LogP contribution in [0.25, 0.3) is 22.1 Å². The summed E-state index contributed by atoms with van der Waals surface area (Å²) in [5, 5.41) is 4.79. The van der Waals surface area contributed by atoms with Crippen LogP contribution in [0.1, 0.15) is 12.5 Å². The van der Waals surface area contributed by atoms with Gasteiger partial charge in [-0.25, -0.2) is 9.97 Å². The first kappa shape index (κ1) is 17.8. The van der Waals surface area contributed by atoms with E-state index in [4.69, 9.17) is 16.0 Å². The predicted octanol–water partition coefficient (Wildman–Crippen LogP) is 4.83. The first-order chi connectivity index (χ1) is 13.1. The smallest absolute Gasteiger partial charge is 0.233 e. The Bertz CT molecular complexity index is 1130. The predicted molar refractivity (Wildman–Crippen MR) is 108 cm³/mol. The maximum Gasteiger partial charge on any atom is 0.233 e. The van der Waals surface area contributed by atoms with E-state index in [0.29, 0.717) is 22.2 Å². The maximum absolute atomic E-state index is 12.5. The minimum atomic E-state index is -0.348. The molecule has 0 saturated heterocycles. The van der Waals surface area contributed by atoms with Gasteiger partial charge in [0.25, 0.3) is 0 Å². The van der Waals surface area contributed by atoms with Gasteiger partial charge < -0.3 is 9.73 Å². The third-order valence-corrected chi connectivity index (χ3v) is 5.64. The van der Waals surface area contributed by atoms with E-state index < -0.39 is 0 Å². The molecule has 27 heavy (non-hydrogen) atoms. The third-order valence-electron chi connectivity index (χ3n) is 4.19. The molecule has 1 amide bonds. The molecule has 7 heteroatoms. The van der Waals surface area contributed by atoms with Gasteiger partial charge in [-0.05, 0) is 30.7 Å². The number of benzene rings is 2. The second-order valence-corrected chi connectivity index (χ2v) is 7.76. The van der Waals surface area contributed by atoms with Crippen molar-refractivity contribution >= 4 is 51.3 Å². The van der Waals surface area contributed by atoms with Crippen LogP contribution in [0, 0.1) is 0 Å². The molecule has 0 saturated carbocycles. The Morgan fingerprint density at radius 3 is 2.81 bits per heavy atom. The summed E-state index contributed by atoms with van der Waals surface area (Å²) in [6.45, 7) is 2.22. The summed E-state index contributed by atoms with van der Waals surface area (Å²) in [6.07, 6.45) is 1.50. The molecule has 0 spiro atoms. The van der Waals surface area contributed by atoms with Crippen molar-refractivity contribution in [3.8, 4) is 0 Å². The molecule has 2 aromatic heterocycles. The molecule has 136 valence electrons. The van der Waals surface area contributed by atoms with Gasteiger partial charge in [-0.2, -0.15) is 0 Å². The van der Waals surface area contributed by atoms with Gasteiger partial charge in [0.15, 0.2) is 5.58 Å². The first-order valence-electron chi connectivity index (χ1n) is 8.43. The van der Waals surface area contributed by atoms with Crippen molar-refractivity contribution in [2.24, 2.45) is 0 Å². The highest BCUT2D eigenvalue weighted by Crippen LogP contribution is 2.34. The second kappa shape index (κ2) is 7.58. The van der Waals surface area contributed by atoms with Crippen LogP contribution in [0.4, 0.5) is 0 Å². The molecule has 0 fully saturated rings. The maximum atomic E-state index is 12.5. The van der Waals surface area contributed by atoms with Crippen molar-refractivity contribution in [2.75, 3.05) is 0 Å². The van der Waals surface area contributed by atoms with Gasteiger partial charge in [-0.15, -0.1) is 0 Å². The number of para-hydroxylation sites is 1. The van der Waals surface area contributed by atoms with Gasteiger partial charge in [0.1, 0.15) is 22.5 Å². The average molecular weight is 398 g/mol. The summed E-state index contributed by atoms with van der Waals surface area (Å²) < 4.78 is 5.91. The number of carbonyl (C=O) groups excluding carboxylic acids is 1. The molecule has 0 aliphatic rings. The molecular weight excluding hydrogens is 382 g/mol. The van der Waals surface area contributed by atoms with Crippen molar-refractivity contribution in [1.82, 2.24) is 15.3 Å². The molecule has 1 atom stereocenters. The number of hydrogen-bond donors (Lipinski definition) is 1. The van der Waals surface area contributed by atoms with Gasteiger partial charge in [0.05, 0.1) is 5.25 Å². The fraction of sp³-hybridized carbons (Fsp3) is 0.150. The standard InChI is InChI=1S/C20H16ClN3O2S/c1-12(19(25)22-10-13-6-2-4-8-15(13)21)27-20-18-17(23-11-24-20)14-7-3-5-9-16(14)26-18/h2-9,11-12H,10H2,1H3,(H,22,25)/t12-/m1/s1. The van der Waals surface area contributed by atoms with Crippen LogP contribution in [0.2, 0.25) is 5.02 Å². The third kappa shape index (κ3) is 3.63. The number of aromatic nitrogens is 2. The van der Waals surface area contributed by atoms with Crippen LogP contribution in [0.3, 0.4) is 0 Å². The fourth-order valence-electron chi connectivity index (χ4n) is 2.78. The number of rotatable bonds is 5. The minimum Gasteiger partial charge on any atom is -0.451 e. The number of halogens is 1. The summed E-state index contributed by atoms with van der Waals surface area (Å²) in [5.74, 6) is -0.0946. The number of nitrogens with zero attached hydrogens (tertiary/aromatic N) is 2. The molecule has 2 aromatic carbocycles. The lowest BCUT2D eigenvalue weighted by atomic mass is 10.2. The topological polar surface area (TPSA) is 68.0 Å². The van der Waals surface area contributed by atoms with E-state index in [-0.39, 0.29) is 11.2 Å². The average Bonchev–Trinajstić information content (AvgIpc) is 3.07. The highest BCUT2D eigenvalue weighted by molar-refractivity contribution is 8.00. The molecule has 0 unspecified atom stereocenters. The van der Waals surface area contributed by atoms with Crippen LogP contribution in [0.15, 0.2) is 64.3 Å². The highest BCUT2D eigenvalue weighted by Gasteiger charge is 2.20. The zero-order valence-corrected chi connectivity index (χ0v) is 16.1. The summed E-state index contributed by atoms with van der Waals surface area (Å²) in [4.78, 5) is 21.1. The van der Waals surface area contributed by atoms with Crippen molar-refractivity contribution < 1.29 is 9.21 Å². The van der Waals surface area contributed by atoms with Gasteiger partial charge in [0, 0.05) is 17.0 Å². The quantitative estimate of drug-likeness (QED) is 0.386. The lowest BCUT2D eigenvalue weighted by Crippen LogP contribution is -2.30. The van der Waals surface area contributed by atoms with Crippen LogP contribution in [-0.4, -0.2) is 21.1 Å². The number of fused-ring (bicyclic) bond motifs is 3. The van der Waals surface area contributed by atoms with Crippen LogP contribution in [-0.2, 0) is 11.3 Å². The molecule has 2 heterocycles. The summed E-state index contributed by atoms with van der Waals surface area (Å²) >= 11 is 7.48. The summed E-state index contributed by atoms with van der Waals surface area (Å²) in [5.41, 5.74) is 3.00. The van der Waals surface area contributed by atoms with Gasteiger partial charge in [-0.1, -0.05) is 53.7 Å². The van der Waals surface area contributed by atoms with Crippen molar-refractivity contribution in [3.63, 3.8) is 0 Å². The minimum absolute atomic E-state index is 0.0946. The summed E-state index contributed by atoms with van der Waals surface area (Å²) in [6, 6.07) is 15.2. The van der Waals surface area contributed by atoms with Crippen molar-refractivity contribution in [1.29, 1.82) is 0 Å². The van der Waals surface area contributed by atoms with E-state index in [9.17, 15) is 4.79 Å². The van der Waals surface area contributed by atoms with E-state index in [1.807, 2.05) is 49.4 Å². The lowest BCUT2D eigenvalue weighted by Gasteiger charge is -2.12. The van der Waals surface area contributed by atoms with Crippen LogP contribution < -0.4 is 5.32 Å². The molecule has 0 radical (unpaired) electrons. The number of nitrogens with one attached hydrogen (secondary N) is 1. The number of furan rings is 1. The van der Waals surface area contributed by atoms with E-state index in [1.165, 1.54) is 18.1 Å². The normalized spacial score (nSPS) is 12.4. The van der Waals surface area contributed by atoms with E-state index in [0.717, 1.165) is 22.0 Å². The monoisotopic (exact) mass is 397 g/mol. The molecule has 5 nitrogen and oxygen atoms in total. The Labute approximate surface area is 165 Å². The number of hydrogen-bond acceptors (Lipinski definition) is 5. The second-order valence-electron chi connectivity index (χ2n) is 6.02. The Morgan fingerprint density at radius 2 is 1.96 bits per heavy atom. The zero-order chi connectivity index (χ0) is 18.8. The Morgan fingerprint density at radius 1 is 1.19 bits per heavy atom. The molecule has 4 aromatic rings. The van der Waals surface area contributed by atoms with Gasteiger partial charge in [-0.3, -0.25) is 4.79 Å². The largest absolute Gasteiger partial charge is 0.451 e. The van der Waals surface area contributed by atoms with Crippen LogP contribution in [0.5, 0.6) is 0 Å². The van der Waals surface area contributed by atoms with Crippen molar-refractivity contribution in [3.05, 3.63) is 65.4 Å². The number of carbonyl (C=O) groups is 1. The van der Waals surface area contributed by atoms with E-state index in [2.05, 4.69) is 15.3 Å². The molecule has 4 rings (SSSR count). The molecular formula is C20H16ClN3O2S. The lowest BCUT2D eigenvalue weighted by molar-refractivity contribution is -0.120. The Hall–Kier alpha value is -2.57. The Balaban J connectivity index is 1.51. The first-order valence-corrected chi connectivity index (χ1v) is 9.69. The number of amides is 1. The SMILES string of the molecule is C[C@@H](Sc1ncnc2c1oc1ccccc12)C(=O)NCc1ccccc1Cl. The fourth-order valence-corrected chi connectivity index (χ4v) is 3.86. The summed E-state index contributed by atoms with van der Waals surface area (Å²) in [7, 11) is 0. The van der Waals surface area contributed by atoms with E-state index >= 15 is 0 Å². The number of thioether (sulfide) groups is 1.